The van der Waals surface area contributed by atoms with Gasteiger partial charge in [0.25, 0.3) is 0 Å². The first-order chi connectivity index (χ1) is 6.92. The molecule has 0 amide bonds. The Bertz CT molecular complexity index is 252. The van der Waals surface area contributed by atoms with Crippen LogP contribution in [-0.2, 0) is 0 Å². The molecule has 0 spiro atoms. The molecule has 0 saturated carbocycles. The summed E-state index contributed by atoms with van der Waals surface area (Å²) < 4.78 is 5.48. The van der Waals surface area contributed by atoms with E-state index in [0.717, 1.165) is 12.3 Å². The van der Waals surface area contributed by atoms with E-state index in [1.54, 1.807) is 11.2 Å². The molecule has 2 heterocycles. The standard InChI is InChI=1S/C11H18N2O/c12-9-10(11-5-4-8-14-11)13-6-2-1-3-7-13/h4-5,8,10H,1-3,6-7,9,12H2/p+2/t10-/m1/s1. The Morgan fingerprint density at radius 2 is 2.14 bits per heavy atom. The lowest BCUT2D eigenvalue weighted by Crippen LogP contribution is -3.14. The molecule has 78 valence electrons. The molecule has 0 radical (unpaired) electrons. The summed E-state index contributed by atoms with van der Waals surface area (Å²) >= 11 is 0. The van der Waals surface area contributed by atoms with Gasteiger partial charge in [0.05, 0.1) is 19.4 Å². The summed E-state index contributed by atoms with van der Waals surface area (Å²) in [5.74, 6) is 1.11. The van der Waals surface area contributed by atoms with E-state index in [2.05, 4.69) is 11.8 Å². The zero-order chi connectivity index (χ0) is 9.80. The molecule has 3 nitrogen and oxygen atoms in total. The minimum Gasteiger partial charge on any atom is -0.463 e. The number of hydrogen-bond donors (Lipinski definition) is 2. The number of rotatable bonds is 3. The van der Waals surface area contributed by atoms with Gasteiger partial charge in [-0.05, 0) is 31.4 Å². The highest BCUT2D eigenvalue weighted by atomic mass is 16.3. The van der Waals surface area contributed by atoms with E-state index in [9.17, 15) is 0 Å². The minimum absolute atomic E-state index is 0.477. The number of furan rings is 1. The normalized spacial score (nSPS) is 20.9. The van der Waals surface area contributed by atoms with Gasteiger partial charge >= 0.3 is 0 Å². The van der Waals surface area contributed by atoms with Crippen molar-refractivity contribution in [2.75, 3.05) is 19.6 Å². The van der Waals surface area contributed by atoms with Crippen molar-refractivity contribution in [2.45, 2.75) is 25.3 Å². The zero-order valence-corrected chi connectivity index (χ0v) is 8.67. The van der Waals surface area contributed by atoms with Gasteiger partial charge in [0, 0.05) is 0 Å². The first-order valence-corrected chi connectivity index (χ1v) is 5.59. The monoisotopic (exact) mass is 196 g/mol. The molecule has 1 aliphatic rings. The molecule has 0 aliphatic carbocycles. The fraction of sp³-hybridized carbons (Fsp3) is 0.636. The average molecular weight is 196 g/mol. The lowest BCUT2D eigenvalue weighted by molar-refractivity contribution is -0.943. The molecule has 4 N–H and O–H groups in total. The highest BCUT2D eigenvalue weighted by Gasteiger charge is 2.28. The largest absolute Gasteiger partial charge is 0.463 e. The van der Waals surface area contributed by atoms with Crippen molar-refractivity contribution in [3.05, 3.63) is 24.2 Å². The number of nitrogens with one attached hydrogen (secondary N) is 1. The second-order valence-electron chi connectivity index (χ2n) is 4.08. The minimum atomic E-state index is 0.477. The van der Waals surface area contributed by atoms with Crippen LogP contribution in [-0.4, -0.2) is 19.6 Å². The highest BCUT2D eigenvalue weighted by molar-refractivity contribution is 5.01. The molecular weight excluding hydrogens is 176 g/mol. The van der Waals surface area contributed by atoms with Crippen LogP contribution < -0.4 is 10.6 Å². The van der Waals surface area contributed by atoms with Crippen molar-refractivity contribution in [3.63, 3.8) is 0 Å². The van der Waals surface area contributed by atoms with Crippen LogP contribution in [0, 0.1) is 0 Å². The first kappa shape index (κ1) is 9.74. The zero-order valence-electron chi connectivity index (χ0n) is 8.67. The molecule has 1 saturated heterocycles. The van der Waals surface area contributed by atoms with E-state index in [1.807, 2.05) is 6.07 Å². The van der Waals surface area contributed by atoms with Crippen molar-refractivity contribution in [3.8, 4) is 0 Å². The predicted octanol–water partition coefficient (Wildman–Crippen LogP) is -0.369. The van der Waals surface area contributed by atoms with Crippen molar-refractivity contribution >= 4 is 0 Å². The van der Waals surface area contributed by atoms with E-state index in [4.69, 9.17) is 4.42 Å². The summed E-state index contributed by atoms with van der Waals surface area (Å²) in [5, 5.41) is 0. The summed E-state index contributed by atoms with van der Waals surface area (Å²) in [4.78, 5) is 1.65. The van der Waals surface area contributed by atoms with Crippen molar-refractivity contribution in [1.29, 1.82) is 0 Å². The van der Waals surface area contributed by atoms with Crippen LogP contribution in [0.3, 0.4) is 0 Å². The molecule has 1 fully saturated rings. The number of likely N-dealkylation sites (tertiary alicyclic amines) is 1. The quantitative estimate of drug-likeness (QED) is 0.681. The van der Waals surface area contributed by atoms with Crippen LogP contribution in [0.15, 0.2) is 22.8 Å². The maximum Gasteiger partial charge on any atom is 0.195 e. The fourth-order valence-electron chi connectivity index (χ4n) is 2.39. The van der Waals surface area contributed by atoms with Crippen LogP contribution in [0.5, 0.6) is 0 Å². The Morgan fingerprint density at radius 3 is 2.71 bits per heavy atom. The first-order valence-electron chi connectivity index (χ1n) is 5.59. The lowest BCUT2D eigenvalue weighted by Gasteiger charge is -2.28. The van der Waals surface area contributed by atoms with Gasteiger partial charge in [-0.25, -0.2) is 0 Å². The van der Waals surface area contributed by atoms with Gasteiger partial charge in [-0.3, -0.25) is 0 Å². The molecule has 1 aromatic heterocycles. The Morgan fingerprint density at radius 1 is 1.36 bits per heavy atom. The number of piperidine rings is 1. The van der Waals surface area contributed by atoms with Gasteiger partial charge in [0.15, 0.2) is 11.8 Å². The van der Waals surface area contributed by atoms with E-state index < -0.39 is 0 Å². The van der Waals surface area contributed by atoms with Crippen LogP contribution in [0.25, 0.3) is 0 Å². The van der Waals surface area contributed by atoms with Gasteiger partial charge in [-0.2, -0.15) is 0 Å². The highest BCUT2D eigenvalue weighted by Crippen LogP contribution is 2.09. The average Bonchev–Trinajstić information content (AvgIpc) is 2.74. The van der Waals surface area contributed by atoms with Gasteiger partial charge in [-0.15, -0.1) is 0 Å². The lowest BCUT2D eigenvalue weighted by atomic mass is 10.1. The summed E-state index contributed by atoms with van der Waals surface area (Å²) in [6.45, 7) is 3.49. The Balaban J connectivity index is 2.04. The topological polar surface area (TPSA) is 45.2 Å². The summed E-state index contributed by atoms with van der Waals surface area (Å²) in [6, 6.07) is 4.53. The van der Waals surface area contributed by atoms with Crippen LogP contribution >= 0.6 is 0 Å². The third-order valence-electron chi connectivity index (χ3n) is 3.16. The van der Waals surface area contributed by atoms with E-state index >= 15 is 0 Å². The van der Waals surface area contributed by atoms with E-state index in [1.165, 1.54) is 32.4 Å². The summed E-state index contributed by atoms with van der Waals surface area (Å²) in [7, 11) is 0. The van der Waals surface area contributed by atoms with Gasteiger partial charge in [0.2, 0.25) is 0 Å². The summed E-state index contributed by atoms with van der Waals surface area (Å²) in [6.07, 6.45) is 5.87. The second kappa shape index (κ2) is 4.62. The Hall–Kier alpha value is -0.800. The van der Waals surface area contributed by atoms with Crippen molar-refractivity contribution < 1.29 is 15.1 Å². The molecule has 1 atom stereocenters. The second-order valence-corrected chi connectivity index (χ2v) is 4.08. The molecule has 14 heavy (non-hydrogen) atoms. The molecule has 0 bridgehead atoms. The number of hydrogen-bond acceptors (Lipinski definition) is 1. The molecule has 3 heteroatoms. The Labute approximate surface area is 84.9 Å². The third kappa shape index (κ3) is 1.99. The fourth-order valence-corrected chi connectivity index (χ4v) is 2.39. The molecule has 1 aliphatic heterocycles. The number of quaternary nitrogens is 2. The smallest absolute Gasteiger partial charge is 0.195 e. The Kier molecular flexibility index (Phi) is 3.22. The van der Waals surface area contributed by atoms with Crippen molar-refractivity contribution in [2.24, 2.45) is 0 Å². The molecule has 2 rings (SSSR count). The van der Waals surface area contributed by atoms with Crippen LogP contribution in [0.2, 0.25) is 0 Å². The summed E-state index contributed by atoms with van der Waals surface area (Å²) in [5.41, 5.74) is 4.04. The van der Waals surface area contributed by atoms with Crippen LogP contribution in [0.1, 0.15) is 31.1 Å². The van der Waals surface area contributed by atoms with Crippen molar-refractivity contribution in [1.82, 2.24) is 0 Å². The molecular formula is C11H20N2O+2. The van der Waals surface area contributed by atoms with E-state index in [-0.39, 0.29) is 0 Å². The van der Waals surface area contributed by atoms with Gasteiger partial charge in [-0.1, -0.05) is 0 Å². The predicted molar refractivity (Wildman–Crippen MR) is 53.8 cm³/mol. The third-order valence-corrected chi connectivity index (χ3v) is 3.16. The SMILES string of the molecule is [NH3+]C[C@H](c1ccco1)[NH+]1CCCCC1. The maximum atomic E-state index is 5.48. The molecule has 1 aromatic rings. The van der Waals surface area contributed by atoms with Gasteiger partial charge < -0.3 is 15.1 Å². The van der Waals surface area contributed by atoms with E-state index in [0.29, 0.717) is 6.04 Å². The molecule has 0 unspecified atom stereocenters. The molecule has 0 aromatic carbocycles. The van der Waals surface area contributed by atoms with Crippen LogP contribution in [0.4, 0.5) is 0 Å². The maximum absolute atomic E-state index is 5.48. The van der Waals surface area contributed by atoms with Gasteiger partial charge in [0.1, 0.15) is 6.54 Å².